The van der Waals surface area contributed by atoms with Gasteiger partial charge in [-0.25, -0.2) is 0 Å². The molecule has 0 bridgehead atoms. The highest BCUT2D eigenvalue weighted by Crippen LogP contribution is 2.06. The first-order valence-corrected chi connectivity index (χ1v) is 5.41. The van der Waals surface area contributed by atoms with Crippen molar-refractivity contribution in [3.8, 4) is 0 Å². The van der Waals surface area contributed by atoms with Crippen LogP contribution >= 0.6 is 0 Å². The number of hydrogen-bond acceptors (Lipinski definition) is 3. The summed E-state index contributed by atoms with van der Waals surface area (Å²) in [6, 6.07) is 0.375. The minimum Gasteiger partial charge on any atom is -0.383 e. The van der Waals surface area contributed by atoms with E-state index in [2.05, 4.69) is 30.5 Å². The van der Waals surface area contributed by atoms with Crippen LogP contribution in [0.5, 0.6) is 0 Å². The molecule has 1 atom stereocenters. The standard InChI is InChI=1S/C11H21N3O/c1-5-11-10(7-14(3)13-11)6-12-9(2)8-15-4/h7,9,12H,5-6,8H2,1-4H3. The Morgan fingerprint density at radius 3 is 2.93 bits per heavy atom. The van der Waals surface area contributed by atoms with Gasteiger partial charge in [-0.3, -0.25) is 4.68 Å². The van der Waals surface area contributed by atoms with Crippen LogP contribution in [0.25, 0.3) is 0 Å². The van der Waals surface area contributed by atoms with E-state index < -0.39 is 0 Å². The average molecular weight is 211 g/mol. The average Bonchev–Trinajstić information content (AvgIpc) is 2.56. The Labute approximate surface area is 91.6 Å². The Kier molecular flexibility index (Phi) is 4.78. The van der Waals surface area contributed by atoms with Crippen molar-refractivity contribution < 1.29 is 4.74 Å². The summed E-state index contributed by atoms with van der Waals surface area (Å²) in [5, 5.41) is 7.81. The maximum absolute atomic E-state index is 5.07. The first kappa shape index (κ1) is 12.2. The summed E-state index contributed by atoms with van der Waals surface area (Å²) in [7, 11) is 3.68. The van der Waals surface area contributed by atoms with Crippen LogP contribution < -0.4 is 5.32 Å². The lowest BCUT2D eigenvalue weighted by Gasteiger charge is -2.11. The van der Waals surface area contributed by atoms with Crippen LogP contribution in [0.4, 0.5) is 0 Å². The molecule has 0 aliphatic carbocycles. The van der Waals surface area contributed by atoms with Gasteiger partial charge in [0, 0.05) is 38.5 Å². The molecule has 0 saturated carbocycles. The maximum Gasteiger partial charge on any atom is 0.0666 e. The molecule has 86 valence electrons. The predicted octanol–water partition coefficient (Wildman–Crippen LogP) is 1.11. The molecular formula is C11H21N3O. The number of nitrogens with one attached hydrogen (secondary N) is 1. The van der Waals surface area contributed by atoms with E-state index in [1.165, 1.54) is 11.3 Å². The van der Waals surface area contributed by atoms with Crippen molar-refractivity contribution in [2.75, 3.05) is 13.7 Å². The van der Waals surface area contributed by atoms with E-state index in [0.717, 1.165) is 19.6 Å². The van der Waals surface area contributed by atoms with Gasteiger partial charge in [0.25, 0.3) is 0 Å². The summed E-state index contributed by atoms with van der Waals surface area (Å²) in [5.74, 6) is 0. The summed E-state index contributed by atoms with van der Waals surface area (Å²) in [6.45, 7) is 5.85. The first-order valence-electron chi connectivity index (χ1n) is 5.41. The molecule has 1 N–H and O–H groups in total. The highest BCUT2D eigenvalue weighted by atomic mass is 16.5. The maximum atomic E-state index is 5.07. The number of ether oxygens (including phenoxy) is 1. The third kappa shape index (κ3) is 3.64. The van der Waals surface area contributed by atoms with Crippen LogP contribution in [0, 0.1) is 0 Å². The zero-order valence-electron chi connectivity index (χ0n) is 10.1. The second-order valence-electron chi connectivity index (χ2n) is 3.87. The molecule has 1 rings (SSSR count). The molecule has 0 amide bonds. The Balaban J connectivity index is 2.49. The number of hydrogen-bond donors (Lipinski definition) is 1. The molecule has 0 fully saturated rings. The molecule has 0 saturated heterocycles. The van der Waals surface area contributed by atoms with E-state index >= 15 is 0 Å². The van der Waals surface area contributed by atoms with Gasteiger partial charge in [-0.05, 0) is 13.3 Å². The van der Waals surface area contributed by atoms with Crippen molar-refractivity contribution in [2.24, 2.45) is 7.05 Å². The fourth-order valence-electron chi connectivity index (χ4n) is 1.62. The minimum atomic E-state index is 0.375. The number of aryl methyl sites for hydroxylation is 2. The SMILES string of the molecule is CCc1nn(C)cc1CNC(C)COC. The summed E-state index contributed by atoms with van der Waals surface area (Å²) in [4.78, 5) is 0. The first-order chi connectivity index (χ1) is 7.17. The van der Waals surface area contributed by atoms with Gasteiger partial charge in [0.05, 0.1) is 12.3 Å². The zero-order valence-corrected chi connectivity index (χ0v) is 10.1. The zero-order chi connectivity index (χ0) is 11.3. The molecule has 4 heteroatoms. The third-order valence-corrected chi connectivity index (χ3v) is 2.38. The number of nitrogens with zero attached hydrogens (tertiary/aromatic N) is 2. The molecule has 0 aliphatic rings. The fourth-order valence-corrected chi connectivity index (χ4v) is 1.62. The predicted molar refractivity (Wildman–Crippen MR) is 60.8 cm³/mol. The van der Waals surface area contributed by atoms with E-state index in [4.69, 9.17) is 4.74 Å². The summed E-state index contributed by atoms with van der Waals surface area (Å²) < 4.78 is 6.94. The Morgan fingerprint density at radius 2 is 2.33 bits per heavy atom. The van der Waals surface area contributed by atoms with Gasteiger partial charge in [-0.15, -0.1) is 0 Å². The second-order valence-corrected chi connectivity index (χ2v) is 3.87. The van der Waals surface area contributed by atoms with Gasteiger partial charge in [0.1, 0.15) is 0 Å². The van der Waals surface area contributed by atoms with E-state index in [1.54, 1.807) is 7.11 Å². The molecular weight excluding hydrogens is 190 g/mol. The van der Waals surface area contributed by atoms with Crippen molar-refractivity contribution in [1.82, 2.24) is 15.1 Å². The van der Waals surface area contributed by atoms with Gasteiger partial charge in [-0.2, -0.15) is 5.10 Å². The van der Waals surface area contributed by atoms with E-state index in [-0.39, 0.29) is 0 Å². The summed E-state index contributed by atoms with van der Waals surface area (Å²) in [5.41, 5.74) is 2.46. The van der Waals surface area contributed by atoms with Crippen LogP contribution in [0.3, 0.4) is 0 Å². The molecule has 1 aromatic rings. The summed E-state index contributed by atoms with van der Waals surface area (Å²) in [6.07, 6.45) is 3.06. The molecule has 1 aromatic heterocycles. The Hall–Kier alpha value is -0.870. The molecule has 0 radical (unpaired) electrons. The van der Waals surface area contributed by atoms with Crippen LogP contribution in [0.15, 0.2) is 6.20 Å². The van der Waals surface area contributed by atoms with E-state index in [0.29, 0.717) is 6.04 Å². The van der Waals surface area contributed by atoms with Gasteiger partial charge in [0.15, 0.2) is 0 Å². The Morgan fingerprint density at radius 1 is 1.60 bits per heavy atom. The van der Waals surface area contributed by atoms with Gasteiger partial charge in [-0.1, -0.05) is 6.92 Å². The van der Waals surface area contributed by atoms with Crippen LogP contribution in [-0.4, -0.2) is 29.5 Å². The van der Waals surface area contributed by atoms with Gasteiger partial charge >= 0.3 is 0 Å². The number of methoxy groups -OCH3 is 1. The van der Waals surface area contributed by atoms with E-state index in [9.17, 15) is 0 Å². The van der Waals surface area contributed by atoms with Gasteiger partial charge < -0.3 is 10.1 Å². The molecule has 1 unspecified atom stereocenters. The smallest absolute Gasteiger partial charge is 0.0666 e. The highest BCUT2D eigenvalue weighted by Gasteiger charge is 2.07. The number of rotatable bonds is 6. The minimum absolute atomic E-state index is 0.375. The lowest BCUT2D eigenvalue weighted by molar-refractivity contribution is 0.171. The highest BCUT2D eigenvalue weighted by molar-refractivity contribution is 5.16. The molecule has 0 aromatic carbocycles. The van der Waals surface area contributed by atoms with Crippen LogP contribution in [0.1, 0.15) is 25.1 Å². The molecule has 0 spiro atoms. The van der Waals surface area contributed by atoms with Gasteiger partial charge in [0.2, 0.25) is 0 Å². The van der Waals surface area contributed by atoms with Crippen molar-refractivity contribution in [2.45, 2.75) is 32.9 Å². The van der Waals surface area contributed by atoms with E-state index in [1.807, 2.05) is 11.7 Å². The lowest BCUT2D eigenvalue weighted by Crippen LogP contribution is -2.29. The monoisotopic (exact) mass is 211 g/mol. The second kappa shape index (κ2) is 5.88. The number of aromatic nitrogens is 2. The van der Waals surface area contributed by atoms with Crippen molar-refractivity contribution >= 4 is 0 Å². The quantitative estimate of drug-likeness (QED) is 0.766. The normalized spacial score (nSPS) is 13.1. The molecule has 0 aliphatic heterocycles. The Bertz CT molecular complexity index is 296. The van der Waals surface area contributed by atoms with Crippen molar-refractivity contribution in [3.63, 3.8) is 0 Å². The summed E-state index contributed by atoms with van der Waals surface area (Å²) >= 11 is 0. The van der Waals surface area contributed by atoms with Crippen molar-refractivity contribution in [3.05, 3.63) is 17.5 Å². The molecule has 15 heavy (non-hydrogen) atoms. The molecule has 4 nitrogen and oxygen atoms in total. The van der Waals surface area contributed by atoms with Crippen LogP contribution in [0.2, 0.25) is 0 Å². The third-order valence-electron chi connectivity index (χ3n) is 2.38. The fraction of sp³-hybridized carbons (Fsp3) is 0.727. The molecule has 1 heterocycles. The largest absolute Gasteiger partial charge is 0.383 e. The van der Waals surface area contributed by atoms with Crippen LogP contribution in [-0.2, 0) is 24.8 Å². The topological polar surface area (TPSA) is 39.1 Å². The lowest BCUT2D eigenvalue weighted by atomic mass is 10.2. The van der Waals surface area contributed by atoms with Crippen molar-refractivity contribution in [1.29, 1.82) is 0 Å².